The van der Waals surface area contributed by atoms with Gasteiger partial charge in [-0.1, -0.05) is 38.4 Å². The summed E-state index contributed by atoms with van der Waals surface area (Å²) in [6, 6.07) is 8.19. The first-order valence-electron chi connectivity index (χ1n) is 7.67. The Morgan fingerprint density at radius 3 is 2.40 bits per heavy atom. The molecule has 112 valence electrons. The van der Waals surface area contributed by atoms with Crippen LogP contribution in [0.1, 0.15) is 33.6 Å². The molecule has 0 amide bonds. The van der Waals surface area contributed by atoms with Crippen molar-refractivity contribution in [3.05, 3.63) is 29.3 Å². The molecule has 1 aliphatic heterocycles. The van der Waals surface area contributed by atoms with Gasteiger partial charge in [0.15, 0.2) is 0 Å². The summed E-state index contributed by atoms with van der Waals surface area (Å²) < 4.78 is 0. The largest absolute Gasteiger partial charge is 0.369 e. The smallest absolute Gasteiger partial charge is 0.0426 e. The zero-order chi connectivity index (χ0) is 14.6. The third-order valence-electron chi connectivity index (χ3n) is 3.95. The van der Waals surface area contributed by atoms with Crippen molar-refractivity contribution >= 4 is 17.3 Å². The lowest BCUT2D eigenvalue weighted by molar-refractivity contribution is 0.236. The normalized spacial score (nSPS) is 17.5. The molecule has 3 heteroatoms. The van der Waals surface area contributed by atoms with Gasteiger partial charge in [-0.05, 0) is 43.0 Å². The van der Waals surface area contributed by atoms with Crippen molar-refractivity contribution in [1.82, 2.24) is 4.90 Å². The zero-order valence-electron chi connectivity index (χ0n) is 13.0. The number of benzene rings is 1. The van der Waals surface area contributed by atoms with Crippen molar-refractivity contribution in [1.29, 1.82) is 0 Å². The predicted molar refractivity (Wildman–Crippen MR) is 88.8 cm³/mol. The highest BCUT2D eigenvalue weighted by molar-refractivity contribution is 6.30. The van der Waals surface area contributed by atoms with Crippen molar-refractivity contribution in [3.63, 3.8) is 0 Å². The minimum atomic E-state index is 0.461. The lowest BCUT2D eigenvalue weighted by Crippen LogP contribution is -2.46. The Bertz CT molecular complexity index is 417. The van der Waals surface area contributed by atoms with Crippen LogP contribution in [-0.2, 0) is 0 Å². The summed E-state index contributed by atoms with van der Waals surface area (Å²) in [6.45, 7) is 12.7. The molecule has 1 fully saturated rings. The summed E-state index contributed by atoms with van der Waals surface area (Å²) in [6.07, 6.45) is 2.61. The van der Waals surface area contributed by atoms with E-state index < -0.39 is 0 Å². The van der Waals surface area contributed by atoms with E-state index >= 15 is 0 Å². The number of halogens is 1. The predicted octanol–water partition coefficient (Wildman–Crippen LogP) is 4.29. The summed E-state index contributed by atoms with van der Waals surface area (Å²) in [5.41, 5.74) is 1.72. The standard InChI is InChI=1S/C17H27ClN2/c1-17(2,3)8-5-9-19-10-12-20(13-11-19)16-7-4-6-15(18)14-16/h4,6-7,14H,5,8-13H2,1-3H3. The number of nitrogens with zero attached hydrogens (tertiary/aromatic N) is 2. The van der Waals surface area contributed by atoms with Gasteiger partial charge in [-0.15, -0.1) is 0 Å². The number of hydrogen-bond donors (Lipinski definition) is 0. The maximum atomic E-state index is 6.07. The highest BCUT2D eigenvalue weighted by Gasteiger charge is 2.18. The van der Waals surface area contributed by atoms with Crippen molar-refractivity contribution in [2.24, 2.45) is 5.41 Å². The van der Waals surface area contributed by atoms with Crippen LogP contribution in [0.25, 0.3) is 0 Å². The monoisotopic (exact) mass is 294 g/mol. The van der Waals surface area contributed by atoms with Crippen LogP contribution in [0.4, 0.5) is 5.69 Å². The van der Waals surface area contributed by atoms with E-state index in [0.29, 0.717) is 5.41 Å². The molecule has 2 rings (SSSR count). The maximum absolute atomic E-state index is 6.07. The Morgan fingerprint density at radius 2 is 1.80 bits per heavy atom. The molecule has 0 N–H and O–H groups in total. The second-order valence-corrected chi connectivity index (χ2v) is 7.41. The van der Waals surface area contributed by atoms with Crippen LogP contribution in [0.15, 0.2) is 24.3 Å². The van der Waals surface area contributed by atoms with Crippen molar-refractivity contribution < 1.29 is 0 Å². The average molecular weight is 295 g/mol. The summed E-state index contributed by atoms with van der Waals surface area (Å²) in [5, 5.41) is 0.829. The Balaban J connectivity index is 1.75. The molecule has 20 heavy (non-hydrogen) atoms. The fourth-order valence-electron chi connectivity index (χ4n) is 2.74. The van der Waals surface area contributed by atoms with Gasteiger partial charge in [-0.25, -0.2) is 0 Å². The number of piperazine rings is 1. The minimum Gasteiger partial charge on any atom is -0.369 e. The molecule has 0 radical (unpaired) electrons. The molecule has 0 saturated carbocycles. The van der Waals surface area contributed by atoms with E-state index in [1.807, 2.05) is 12.1 Å². The third kappa shape index (κ3) is 4.99. The number of rotatable bonds is 4. The van der Waals surface area contributed by atoms with Crippen LogP contribution in [-0.4, -0.2) is 37.6 Å². The molecule has 1 aromatic carbocycles. The van der Waals surface area contributed by atoms with Gasteiger partial charge < -0.3 is 4.90 Å². The van der Waals surface area contributed by atoms with Gasteiger partial charge in [-0.2, -0.15) is 0 Å². The molecule has 0 aromatic heterocycles. The Hall–Kier alpha value is -0.730. The van der Waals surface area contributed by atoms with Crippen LogP contribution in [0, 0.1) is 5.41 Å². The number of hydrogen-bond acceptors (Lipinski definition) is 2. The Kier molecular flexibility index (Phi) is 5.34. The van der Waals surface area contributed by atoms with Gasteiger partial charge in [0.25, 0.3) is 0 Å². The van der Waals surface area contributed by atoms with Crippen molar-refractivity contribution in [2.45, 2.75) is 33.6 Å². The van der Waals surface area contributed by atoms with Gasteiger partial charge in [0.1, 0.15) is 0 Å². The van der Waals surface area contributed by atoms with Crippen LogP contribution >= 0.6 is 11.6 Å². The van der Waals surface area contributed by atoms with E-state index in [1.54, 1.807) is 0 Å². The molecule has 0 aliphatic carbocycles. The lowest BCUT2D eigenvalue weighted by atomic mass is 9.90. The second kappa shape index (κ2) is 6.82. The summed E-state index contributed by atoms with van der Waals surface area (Å²) >= 11 is 6.07. The number of anilines is 1. The fraction of sp³-hybridized carbons (Fsp3) is 0.647. The molecular formula is C17H27ClN2. The highest BCUT2D eigenvalue weighted by Crippen LogP contribution is 2.22. The van der Waals surface area contributed by atoms with E-state index in [4.69, 9.17) is 11.6 Å². The van der Waals surface area contributed by atoms with E-state index in [9.17, 15) is 0 Å². The summed E-state index contributed by atoms with van der Waals surface area (Å²) in [4.78, 5) is 5.03. The van der Waals surface area contributed by atoms with Crippen molar-refractivity contribution in [2.75, 3.05) is 37.6 Å². The molecule has 1 aromatic rings. The Morgan fingerprint density at radius 1 is 1.10 bits per heavy atom. The summed E-state index contributed by atoms with van der Waals surface area (Å²) in [7, 11) is 0. The average Bonchev–Trinajstić information content (AvgIpc) is 2.38. The van der Waals surface area contributed by atoms with Gasteiger partial charge in [0.2, 0.25) is 0 Å². The van der Waals surface area contributed by atoms with Crippen LogP contribution in [0.5, 0.6) is 0 Å². The van der Waals surface area contributed by atoms with Crippen molar-refractivity contribution in [3.8, 4) is 0 Å². The molecule has 1 saturated heterocycles. The minimum absolute atomic E-state index is 0.461. The van der Waals surface area contributed by atoms with Gasteiger partial charge >= 0.3 is 0 Å². The van der Waals surface area contributed by atoms with Gasteiger partial charge in [0.05, 0.1) is 0 Å². The second-order valence-electron chi connectivity index (χ2n) is 6.97. The van der Waals surface area contributed by atoms with Crippen LogP contribution in [0.2, 0.25) is 5.02 Å². The SMILES string of the molecule is CC(C)(C)CCCN1CCN(c2cccc(Cl)c2)CC1. The zero-order valence-corrected chi connectivity index (χ0v) is 13.8. The van der Waals surface area contributed by atoms with E-state index in [0.717, 1.165) is 31.2 Å². The molecule has 0 unspecified atom stereocenters. The van der Waals surface area contributed by atoms with E-state index in [1.165, 1.54) is 25.1 Å². The molecule has 2 nitrogen and oxygen atoms in total. The molecule has 1 heterocycles. The van der Waals surface area contributed by atoms with Crippen LogP contribution < -0.4 is 4.90 Å². The third-order valence-corrected chi connectivity index (χ3v) is 4.18. The first kappa shape index (κ1) is 15.7. The van der Waals surface area contributed by atoms with Crippen LogP contribution in [0.3, 0.4) is 0 Å². The van der Waals surface area contributed by atoms with Gasteiger partial charge in [0, 0.05) is 36.9 Å². The quantitative estimate of drug-likeness (QED) is 0.817. The lowest BCUT2D eigenvalue weighted by Gasteiger charge is -2.36. The summed E-state index contributed by atoms with van der Waals surface area (Å²) in [5.74, 6) is 0. The molecular weight excluding hydrogens is 268 g/mol. The first-order valence-corrected chi connectivity index (χ1v) is 8.05. The van der Waals surface area contributed by atoms with E-state index in [2.05, 4.69) is 42.7 Å². The van der Waals surface area contributed by atoms with Gasteiger partial charge in [-0.3, -0.25) is 4.90 Å². The Labute approximate surface area is 128 Å². The maximum Gasteiger partial charge on any atom is 0.0426 e. The molecule has 0 bridgehead atoms. The molecule has 1 aliphatic rings. The first-order chi connectivity index (χ1) is 9.44. The highest BCUT2D eigenvalue weighted by atomic mass is 35.5. The van der Waals surface area contributed by atoms with E-state index in [-0.39, 0.29) is 0 Å². The fourth-order valence-corrected chi connectivity index (χ4v) is 2.92. The molecule has 0 atom stereocenters. The topological polar surface area (TPSA) is 6.48 Å². The molecule has 0 spiro atoms.